The van der Waals surface area contributed by atoms with Crippen molar-refractivity contribution in [3.05, 3.63) is 65.7 Å². The Hall–Kier alpha value is -1.84. The predicted octanol–water partition coefficient (Wildman–Crippen LogP) is 3.17. The van der Waals surface area contributed by atoms with Crippen molar-refractivity contribution in [3.63, 3.8) is 0 Å². The van der Waals surface area contributed by atoms with E-state index in [2.05, 4.69) is 24.4 Å². The van der Waals surface area contributed by atoms with Crippen molar-refractivity contribution in [2.75, 3.05) is 6.61 Å². The Morgan fingerprint density at radius 3 is 2.35 bits per heavy atom. The van der Waals surface area contributed by atoms with Gasteiger partial charge < -0.3 is 15.5 Å². The van der Waals surface area contributed by atoms with Crippen LogP contribution in [0.1, 0.15) is 36.6 Å². The number of phenolic OH excluding ortho intramolecular Hbond substituents is 1. The first-order chi connectivity index (χ1) is 9.70. The monoisotopic (exact) mass is 271 g/mol. The molecule has 0 amide bonds. The van der Waals surface area contributed by atoms with Crippen LogP contribution in [0.2, 0.25) is 0 Å². The topological polar surface area (TPSA) is 52.5 Å². The van der Waals surface area contributed by atoms with Crippen molar-refractivity contribution < 1.29 is 10.2 Å². The zero-order valence-corrected chi connectivity index (χ0v) is 11.7. The first-order valence-corrected chi connectivity index (χ1v) is 6.91. The maximum atomic E-state index is 9.55. The Balaban J connectivity index is 2.12. The molecule has 0 unspecified atom stereocenters. The van der Waals surface area contributed by atoms with E-state index < -0.39 is 0 Å². The second-order valence-electron chi connectivity index (χ2n) is 4.96. The number of benzene rings is 2. The second-order valence-corrected chi connectivity index (χ2v) is 4.96. The first kappa shape index (κ1) is 14.6. The average molecular weight is 271 g/mol. The average Bonchev–Trinajstić information content (AvgIpc) is 2.47. The van der Waals surface area contributed by atoms with Crippen LogP contribution in [0.3, 0.4) is 0 Å². The lowest BCUT2D eigenvalue weighted by molar-refractivity contribution is 0.260. The minimum atomic E-state index is 0.0959. The number of aromatic hydroxyl groups is 1. The summed E-state index contributed by atoms with van der Waals surface area (Å²) in [6, 6.07) is 17.5. The number of nitrogens with one attached hydrogen (secondary N) is 1. The van der Waals surface area contributed by atoms with Crippen LogP contribution in [0.4, 0.5) is 0 Å². The molecule has 0 aliphatic heterocycles. The predicted molar refractivity (Wildman–Crippen MR) is 80.5 cm³/mol. The number of hydrogen-bond acceptors (Lipinski definition) is 3. The summed E-state index contributed by atoms with van der Waals surface area (Å²) < 4.78 is 0. The van der Waals surface area contributed by atoms with E-state index in [-0.39, 0.29) is 24.4 Å². The highest BCUT2D eigenvalue weighted by molar-refractivity contribution is 5.29. The van der Waals surface area contributed by atoms with Gasteiger partial charge in [0.1, 0.15) is 5.75 Å². The fraction of sp³-hybridized carbons (Fsp3) is 0.294. The molecule has 2 rings (SSSR count). The van der Waals surface area contributed by atoms with Gasteiger partial charge in [-0.3, -0.25) is 0 Å². The molecule has 2 aromatic rings. The van der Waals surface area contributed by atoms with Gasteiger partial charge in [0.25, 0.3) is 0 Å². The Bertz CT molecular complexity index is 528. The second kappa shape index (κ2) is 7.08. The van der Waals surface area contributed by atoms with Gasteiger partial charge in [-0.25, -0.2) is 0 Å². The summed E-state index contributed by atoms with van der Waals surface area (Å²) in [7, 11) is 0. The molecule has 0 saturated carbocycles. The zero-order valence-electron chi connectivity index (χ0n) is 11.7. The molecule has 0 spiro atoms. The van der Waals surface area contributed by atoms with Gasteiger partial charge in [0.15, 0.2) is 0 Å². The van der Waals surface area contributed by atoms with Gasteiger partial charge >= 0.3 is 0 Å². The normalized spacial score (nSPS) is 13.9. The van der Waals surface area contributed by atoms with Gasteiger partial charge in [-0.05, 0) is 36.6 Å². The standard InChI is InChI=1S/C17H21NO2/c1-13(15-8-5-9-16(20)12-15)18-17(10-11-19)14-6-3-2-4-7-14/h2-9,12-13,17-20H,10-11H2,1H3/t13-,17-/m1/s1. The molecule has 2 atom stereocenters. The Kier molecular flexibility index (Phi) is 5.16. The third kappa shape index (κ3) is 3.83. The fourth-order valence-corrected chi connectivity index (χ4v) is 2.35. The molecule has 0 aliphatic rings. The van der Waals surface area contributed by atoms with Crippen LogP contribution < -0.4 is 5.32 Å². The lowest BCUT2D eigenvalue weighted by Crippen LogP contribution is -2.25. The van der Waals surface area contributed by atoms with E-state index in [1.807, 2.05) is 30.3 Å². The fourth-order valence-electron chi connectivity index (χ4n) is 2.35. The number of aliphatic hydroxyl groups is 1. The highest BCUT2D eigenvalue weighted by Gasteiger charge is 2.15. The molecule has 0 fully saturated rings. The van der Waals surface area contributed by atoms with Crippen molar-refractivity contribution in [1.82, 2.24) is 5.32 Å². The minimum absolute atomic E-state index is 0.0959. The summed E-state index contributed by atoms with van der Waals surface area (Å²) in [5.41, 5.74) is 2.19. The molecule has 20 heavy (non-hydrogen) atoms. The largest absolute Gasteiger partial charge is 0.508 e. The van der Waals surface area contributed by atoms with E-state index in [1.54, 1.807) is 12.1 Å². The van der Waals surface area contributed by atoms with Gasteiger partial charge in [0.05, 0.1) is 0 Å². The molecule has 3 heteroatoms. The highest BCUT2D eigenvalue weighted by Crippen LogP contribution is 2.23. The maximum Gasteiger partial charge on any atom is 0.115 e. The third-order valence-electron chi connectivity index (χ3n) is 3.44. The van der Waals surface area contributed by atoms with Gasteiger partial charge in [-0.2, -0.15) is 0 Å². The summed E-state index contributed by atoms with van der Waals surface area (Å²) in [6.07, 6.45) is 0.660. The Morgan fingerprint density at radius 2 is 1.70 bits per heavy atom. The minimum Gasteiger partial charge on any atom is -0.508 e. The molecule has 3 nitrogen and oxygen atoms in total. The summed E-state index contributed by atoms with van der Waals surface area (Å²) in [5, 5.41) is 22.3. The Labute approximate surface area is 119 Å². The lowest BCUT2D eigenvalue weighted by Gasteiger charge is -2.23. The number of rotatable bonds is 6. The molecule has 0 aliphatic carbocycles. The molecule has 0 radical (unpaired) electrons. The van der Waals surface area contributed by atoms with E-state index in [0.29, 0.717) is 6.42 Å². The van der Waals surface area contributed by atoms with E-state index in [1.165, 1.54) is 0 Å². The smallest absolute Gasteiger partial charge is 0.115 e. The van der Waals surface area contributed by atoms with Crippen molar-refractivity contribution in [2.24, 2.45) is 0 Å². The Morgan fingerprint density at radius 1 is 1.00 bits per heavy atom. The summed E-state index contributed by atoms with van der Waals surface area (Å²) in [6.45, 7) is 2.20. The molecular weight excluding hydrogens is 250 g/mol. The van der Waals surface area contributed by atoms with Crippen LogP contribution in [0, 0.1) is 0 Å². The van der Waals surface area contributed by atoms with Crippen molar-refractivity contribution in [3.8, 4) is 5.75 Å². The molecule has 2 aromatic carbocycles. The number of phenols is 1. The third-order valence-corrected chi connectivity index (χ3v) is 3.44. The molecular formula is C17H21NO2. The van der Waals surface area contributed by atoms with Crippen molar-refractivity contribution >= 4 is 0 Å². The summed E-state index contributed by atoms with van der Waals surface area (Å²) in [5.74, 6) is 0.273. The van der Waals surface area contributed by atoms with E-state index in [9.17, 15) is 10.2 Å². The van der Waals surface area contributed by atoms with E-state index >= 15 is 0 Å². The molecule has 0 bridgehead atoms. The van der Waals surface area contributed by atoms with Crippen LogP contribution in [0.25, 0.3) is 0 Å². The lowest BCUT2D eigenvalue weighted by atomic mass is 10.0. The van der Waals surface area contributed by atoms with Crippen LogP contribution in [0.5, 0.6) is 5.75 Å². The van der Waals surface area contributed by atoms with Gasteiger partial charge in [-0.1, -0.05) is 42.5 Å². The quantitative estimate of drug-likeness (QED) is 0.756. The maximum absolute atomic E-state index is 9.55. The number of aliphatic hydroxyl groups excluding tert-OH is 1. The van der Waals surface area contributed by atoms with Crippen LogP contribution in [-0.2, 0) is 0 Å². The van der Waals surface area contributed by atoms with E-state index in [4.69, 9.17) is 0 Å². The number of hydrogen-bond donors (Lipinski definition) is 3. The molecule has 0 saturated heterocycles. The molecule has 0 heterocycles. The summed E-state index contributed by atoms with van der Waals surface area (Å²) >= 11 is 0. The van der Waals surface area contributed by atoms with Gasteiger partial charge in [0.2, 0.25) is 0 Å². The zero-order chi connectivity index (χ0) is 14.4. The van der Waals surface area contributed by atoms with Crippen molar-refractivity contribution in [1.29, 1.82) is 0 Å². The van der Waals surface area contributed by atoms with Crippen LogP contribution in [0.15, 0.2) is 54.6 Å². The SMILES string of the molecule is C[C@@H](N[C@H](CCO)c1ccccc1)c1cccc(O)c1. The van der Waals surface area contributed by atoms with Crippen LogP contribution >= 0.6 is 0 Å². The summed E-state index contributed by atoms with van der Waals surface area (Å²) in [4.78, 5) is 0. The molecule has 0 aromatic heterocycles. The molecule has 3 N–H and O–H groups in total. The van der Waals surface area contributed by atoms with Crippen LogP contribution in [-0.4, -0.2) is 16.8 Å². The van der Waals surface area contributed by atoms with Gasteiger partial charge in [-0.15, -0.1) is 0 Å². The van der Waals surface area contributed by atoms with Gasteiger partial charge in [0, 0.05) is 18.7 Å². The van der Waals surface area contributed by atoms with E-state index in [0.717, 1.165) is 11.1 Å². The first-order valence-electron chi connectivity index (χ1n) is 6.91. The highest BCUT2D eigenvalue weighted by atomic mass is 16.3. The molecule has 106 valence electrons. The van der Waals surface area contributed by atoms with Crippen molar-refractivity contribution in [2.45, 2.75) is 25.4 Å².